The molecule has 0 aromatic heterocycles. The SMILES string of the molecule is OC[C@H]1CCCN(C(=S)Nc2cc(Cl)cc(Cl)c2)C1. The van der Waals surface area contributed by atoms with E-state index >= 15 is 0 Å². The first-order valence-electron chi connectivity index (χ1n) is 6.21. The lowest BCUT2D eigenvalue weighted by atomic mass is 9.99. The highest BCUT2D eigenvalue weighted by molar-refractivity contribution is 7.80. The summed E-state index contributed by atoms with van der Waals surface area (Å²) in [6.07, 6.45) is 2.10. The van der Waals surface area contributed by atoms with Crippen molar-refractivity contribution in [2.24, 2.45) is 5.92 Å². The van der Waals surface area contributed by atoms with E-state index < -0.39 is 0 Å². The number of hydrogen-bond donors (Lipinski definition) is 2. The molecule has 1 aromatic carbocycles. The summed E-state index contributed by atoms with van der Waals surface area (Å²) in [4.78, 5) is 2.08. The summed E-state index contributed by atoms with van der Waals surface area (Å²) in [7, 11) is 0. The van der Waals surface area contributed by atoms with Gasteiger partial charge in [0.25, 0.3) is 0 Å². The number of halogens is 2. The van der Waals surface area contributed by atoms with Gasteiger partial charge in [-0.05, 0) is 49.2 Å². The third kappa shape index (κ3) is 4.21. The number of benzene rings is 1. The number of rotatable bonds is 2. The molecule has 1 fully saturated rings. The molecule has 0 radical (unpaired) electrons. The zero-order valence-corrected chi connectivity index (χ0v) is 12.7. The van der Waals surface area contributed by atoms with Crippen molar-refractivity contribution in [2.75, 3.05) is 25.0 Å². The van der Waals surface area contributed by atoms with Crippen LogP contribution in [0.4, 0.5) is 5.69 Å². The van der Waals surface area contributed by atoms with E-state index in [1.54, 1.807) is 18.2 Å². The molecule has 1 heterocycles. The maximum Gasteiger partial charge on any atom is 0.173 e. The molecular weight excluding hydrogens is 303 g/mol. The average molecular weight is 319 g/mol. The van der Waals surface area contributed by atoms with Gasteiger partial charge in [0.05, 0.1) is 0 Å². The van der Waals surface area contributed by atoms with Crippen LogP contribution in [0.2, 0.25) is 10.0 Å². The number of nitrogens with one attached hydrogen (secondary N) is 1. The molecule has 2 N–H and O–H groups in total. The number of aliphatic hydroxyl groups excluding tert-OH is 1. The summed E-state index contributed by atoms with van der Waals surface area (Å²) in [5.41, 5.74) is 0.786. The Kier molecular flexibility index (Phi) is 5.28. The van der Waals surface area contributed by atoms with Crippen LogP contribution in [0.15, 0.2) is 18.2 Å². The molecule has 3 nitrogen and oxygen atoms in total. The van der Waals surface area contributed by atoms with E-state index in [0.29, 0.717) is 21.1 Å². The quantitative estimate of drug-likeness (QED) is 0.819. The first-order valence-corrected chi connectivity index (χ1v) is 7.38. The minimum atomic E-state index is 0.210. The molecule has 2 rings (SSSR count). The second kappa shape index (κ2) is 6.75. The number of thiocarbonyl (C=S) groups is 1. The van der Waals surface area contributed by atoms with Crippen molar-refractivity contribution >= 4 is 46.2 Å². The number of piperidine rings is 1. The van der Waals surface area contributed by atoms with Gasteiger partial charge in [0.1, 0.15) is 0 Å². The topological polar surface area (TPSA) is 35.5 Å². The molecule has 6 heteroatoms. The standard InChI is InChI=1S/C13H16Cl2N2OS/c14-10-4-11(15)6-12(5-10)16-13(19)17-3-1-2-9(7-17)8-18/h4-6,9,18H,1-3,7-8H2,(H,16,19)/t9-/m0/s1. The van der Waals surface area contributed by atoms with Crippen molar-refractivity contribution < 1.29 is 5.11 Å². The summed E-state index contributed by atoms with van der Waals surface area (Å²) < 4.78 is 0. The smallest absolute Gasteiger partial charge is 0.173 e. The van der Waals surface area contributed by atoms with Crippen molar-refractivity contribution in [3.63, 3.8) is 0 Å². The van der Waals surface area contributed by atoms with E-state index in [1.807, 2.05) is 0 Å². The summed E-state index contributed by atoms with van der Waals surface area (Å²) >= 11 is 17.3. The third-order valence-electron chi connectivity index (χ3n) is 3.18. The van der Waals surface area contributed by atoms with E-state index in [-0.39, 0.29) is 6.61 Å². The van der Waals surface area contributed by atoms with Crippen LogP contribution in [-0.4, -0.2) is 34.8 Å². The Morgan fingerprint density at radius 1 is 1.37 bits per heavy atom. The van der Waals surface area contributed by atoms with Gasteiger partial charge in [0, 0.05) is 35.4 Å². The molecule has 1 atom stereocenters. The number of likely N-dealkylation sites (tertiary alicyclic amines) is 1. The maximum absolute atomic E-state index is 9.23. The Morgan fingerprint density at radius 2 is 2.05 bits per heavy atom. The lowest BCUT2D eigenvalue weighted by Crippen LogP contribution is -2.43. The Balaban J connectivity index is 2.00. The number of hydrogen-bond acceptors (Lipinski definition) is 2. The zero-order valence-electron chi connectivity index (χ0n) is 10.4. The Labute approximate surface area is 128 Å². The fourth-order valence-electron chi connectivity index (χ4n) is 2.23. The van der Waals surface area contributed by atoms with Crippen LogP contribution in [0.25, 0.3) is 0 Å². The predicted octanol–water partition coefficient (Wildman–Crippen LogP) is 3.39. The van der Waals surface area contributed by atoms with E-state index in [2.05, 4.69) is 10.2 Å². The molecule has 0 aliphatic carbocycles. The highest BCUT2D eigenvalue weighted by atomic mass is 35.5. The van der Waals surface area contributed by atoms with Crippen LogP contribution in [0.1, 0.15) is 12.8 Å². The van der Waals surface area contributed by atoms with Gasteiger partial charge in [-0.25, -0.2) is 0 Å². The van der Waals surface area contributed by atoms with E-state index in [1.165, 1.54) is 0 Å². The van der Waals surface area contributed by atoms with E-state index in [4.69, 9.17) is 35.4 Å². The van der Waals surface area contributed by atoms with E-state index in [9.17, 15) is 5.11 Å². The van der Waals surface area contributed by atoms with E-state index in [0.717, 1.165) is 31.6 Å². The molecule has 1 saturated heterocycles. The van der Waals surface area contributed by atoms with Crippen LogP contribution in [0, 0.1) is 5.92 Å². The van der Waals surface area contributed by atoms with Crippen molar-refractivity contribution in [3.8, 4) is 0 Å². The molecule has 0 saturated carbocycles. The van der Waals surface area contributed by atoms with Crippen molar-refractivity contribution in [1.82, 2.24) is 4.90 Å². The van der Waals surface area contributed by atoms with Crippen LogP contribution in [0.5, 0.6) is 0 Å². The minimum Gasteiger partial charge on any atom is -0.396 e. The lowest BCUT2D eigenvalue weighted by Gasteiger charge is -2.33. The summed E-state index contributed by atoms with van der Waals surface area (Å²) in [6.45, 7) is 1.91. The molecule has 1 aliphatic rings. The minimum absolute atomic E-state index is 0.210. The predicted molar refractivity (Wildman–Crippen MR) is 84.1 cm³/mol. The number of nitrogens with zero attached hydrogens (tertiary/aromatic N) is 1. The first kappa shape index (κ1) is 14.9. The monoisotopic (exact) mass is 318 g/mol. The van der Waals surface area contributed by atoms with Gasteiger partial charge in [-0.1, -0.05) is 23.2 Å². The zero-order chi connectivity index (χ0) is 13.8. The van der Waals surface area contributed by atoms with Gasteiger partial charge in [0.2, 0.25) is 0 Å². The molecule has 0 amide bonds. The van der Waals surface area contributed by atoms with Gasteiger partial charge < -0.3 is 15.3 Å². The molecule has 0 bridgehead atoms. The summed E-state index contributed by atoms with van der Waals surface area (Å²) in [5.74, 6) is 0.302. The molecule has 104 valence electrons. The Morgan fingerprint density at radius 3 is 2.68 bits per heavy atom. The van der Waals surface area contributed by atoms with Crippen LogP contribution >= 0.6 is 35.4 Å². The maximum atomic E-state index is 9.23. The van der Waals surface area contributed by atoms with Gasteiger partial charge in [-0.2, -0.15) is 0 Å². The van der Waals surface area contributed by atoms with Crippen molar-refractivity contribution in [2.45, 2.75) is 12.8 Å². The average Bonchev–Trinajstić information content (AvgIpc) is 2.37. The van der Waals surface area contributed by atoms with Crippen LogP contribution < -0.4 is 5.32 Å². The third-order valence-corrected chi connectivity index (χ3v) is 3.97. The van der Waals surface area contributed by atoms with Crippen LogP contribution in [-0.2, 0) is 0 Å². The Hall–Kier alpha value is -0.550. The lowest BCUT2D eigenvalue weighted by molar-refractivity contribution is 0.162. The van der Waals surface area contributed by atoms with Crippen molar-refractivity contribution in [1.29, 1.82) is 0 Å². The second-order valence-corrected chi connectivity index (χ2v) is 5.98. The molecule has 0 unspecified atom stereocenters. The van der Waals surface area contributed by atoms with Crippen molar-refractivity contribution in [3.05, 3.63) is 28.2 Å². The van der Waals surface area contributed by atoms with Gasteiger partial charge >= 0.3 is 0 Å². The molecule has 19 heavy (non-hydrogen) atoms. The normalized spacial score (nSPS) is 19.3. The van der Waals surface area contributed by atoms with Gasteiger partial charge in [-0.3, -0.25) is 0 Å². The fourth-order valence-corrected chi connectivity index (χ4v) is 3.04. The summed E-state index contributed by atoms with van der Waals surface area (Å²) in [5, 5.41) is 14.2. The molecule has 1 aliphatic heterocycles. The summed E-state index contributed by atoms with van der Waals surface area (Å²) in [6, 6.07) is 5.25. The van der Waals surface area contributed by atoms with Gasteiger partial charge in [-0.15, -0.1) is 0 Å². The number of anilines is 1. The fraction of sp³-hybridized carbons (Fsp3) is 0.462. The number of aliphatic hydroxyl groups is 1. The highest BCUT2D eigenvalue weighted by Gasteiger charge is 2.21. The highest BCUT2D eigenvalue weighted by Crippen LogP contribution is 2.23. The largest absolute Gasteiger partial charge is 0.396 e. The molecule has 1 aromatic rings. The molecule has 0 spiro atoms. The first-order chi connectivity index (χ1) is 9.08. The van der Waals surface area contributed by atoms with Gasteiger partial charge in [0.15, 0.2) is 5.11 Å². The Bertz CT molecular complexity index is 450. The van der Waals surface area contributed by atoms with Crippen LogP contribution in [0.3, 0.4) is 0 Å². The second-order valence-electron chi connectivity index (χ2n) is 4.73. The molecular formula is C13H16Cl2N2OS.